The number of hydrogen-bond donors (Lipinski definition) is 1. The zero-order valence-corrected chi connectivity index (χ0v) is 17.2. The van der Waals surface area contributed by atoms with Gasteiger partial charge in [0.05, 0.1) is 26.0 Å². The second-order valence-electron chi connectivity index (χ2n) is 7.98. The highest BCUT2D eigenvalue weighted by molar-refractivity contribution is 5.94. The van der Waals surface area contributed by atoms with E-state index in [0.717, 1.165) is 24.2 Å². The van der Waals surface area contributed by atoms with Crippen molar-refractivity contribution in [2.75, 3.05) is 32.8 Å². The van der Waals surface area contributed by atoms with E-state index >= 15 is 0 Å². The highest BCUT2D eigenvalue weighted by Crippen LogP contribution is 2.19. The van der Waals surface area contributed by atoms with Gasteiger partial charge in [0.2, 0.25) is 5.91 Å². The van der Waals surface area contributed by atoms with Crippen LogP contribution in [0.5, 0.6) is 0 Å². The number of ether oxygens (including phenoxy) is 1. The molecule has 1 aliphatic heterocycles. The van der Waals surface area contributed by atoms with Crippen LogP contribution in [0.4, 0.5) is 0 Å². The summed E-state index contributed by atoms with van der Waals surface area (Å²) in [6.07, 6.45) is 4.28. The van der Waals surface area contributed by atoms with E-state index in [1.807, 2.05) is 41.3 Å². The lowest BCUT2D eigenvalue weighted by Gasteiger charge is -2.28. The maximum Gasteiger partial charge on any atom is 0.251 e. The van der Waals surface area contributed by atoms with E-state index in [9.17, 15) is 9.59 Å². The molecule has 0 atom stereocenters. The molecule has 7 heteroatoms. The molecule has 0 radical (unpaired) electrons. The molecule has 0 unspecified atom stereocenters. The highest BCUT2D eigenvalue weighted by Gasteiger charge is 2.24. The predicted octanol–water partition coefficient (Wildman–Crippen LogP) is 2.42. The summed E-state index contributed by atoms with van der Waals surface area (Å²) in [6, 6.07) is 11.9. The second kappa shape index (κ2) is 9.91. The fourth-order valence-corrected chi connectivity index (χ4v) is 3.58. The number of nitrogens with one attached hydrogen (secondary N) is 1. The van der Waals surface area contributed by atoms with Crippen LogP contribution >= 0.6 is 0 Å². The molecule has 2 fully saturated rings. The fourth-order valence-electron chi connectivity index (χ4n) is 3.58. The number of furan rings is 1. The van der Waals surface area contributed by atoms with Crippen molar-refractivity contribution in [3.05, 3.63) is 59.5 Å². The van der Waals surface area contributed by atoms with Crippen molar-refractivity contribution in [2.24, 2.45) is 0 Å². The normalized spacial score (nSPS) is 16.6. The van der Waals surface area contributed by atoms with Crippen molar-refractivity contribution >= 4 is 11.8 Å². The van der Waals surface area contributed by atoms with E-state index < -0.39 is 0 Å². The van der Waals surface area contributed by atoms with Crippen LogP contribution in [0.2, 0.25) is 0 Å². The topological polar surface area (TPSA) is 75.0 Å². The average Bonchev–Trinajstić information content (AvgIpc) is 3.44. The first-order valence-corrected chi connectivity index (χ1v) is 10.7. The highest BCUT2D eigenvalue weighted by atomic mass is 16.5. The van der Waals surface area contributed by atoms with Crippen molar-refractivity contribution in [3.63, 3.8) is 0 Å². The van der Waals surface area contributed by atoms with Crippen LogP contribution in [0.1, 0.15) is 40.9 Å². The van der Waals surface area contributed by atoms with Crippen LogP contribution in [-0.2, 0) is 22.6 Å². The molecule has 4 rings (SSSR count). The molecular formula is C23H29N3O4. The lowest BCUT2D eigenvalue weighted by molar-refractivity contribution is -0.135. The summed E-state index contributed by atoms with van der Waals surface area (Å²) in [6.45, 7) is 4.52. The zero-order chi connectivity index (χ0) is 20.8. The van der Waals surface area contributed by atoms with Crippen LogP contribution in [0.15, 0.2) is 47.1 Å². The van der Waals surface area contributed by atoms with E-state index in [4.69, 9.17) is 9.15 Å². The first kappa shape index (κ1) is 20.6. The van der Waals surface area contributed by atoms with Crippen molar-refractivity contribution in [1.29, 1.82) is 0 Å². The minimum atomic E-state index is -0.00685. The van der Waals surface area contributed by atoms with Crippen molar-refractivity contribution < 1.29 is 18.7 Å². The third kappa shape index (κ3) is 5.93. The number of hydrogen-bond acceptors (Lipinski definition) is 5. The van der Waals surface area contributed by atoms with Crippen LogP contribution in [0, 0.1) is 0 Å². The lowest BCUT2D eigenvalue weighted by atomic mass is 10.1. The molecule has 2 amide bonds. The van der Waals surface area contributed by atoms with Crippen molar-refractivity contribution in [3.8, 4) is 0 Å². The number of rotatable bonds is 9. The third-order valence-corrected chi connectivity index (χ3v) is 5.50. The minimum Gasteiger partial charge on any atom is -0.468 e. The van der Waals surface area contributed by atoms with Gasteiger partial charge in [-0.1, -0.05) is 12.1 Å². The Hall–Kier alpha value is -2.64. The number of nitrogens with zero attached hydrogens (tertiary/aromatic N) is 2. The standard InChI is InChI=1S/C23H29N3O4/c27-22(26-11-14-29-15-12-26)9-10-25(17-21-2-1-13-30-21)16-18-3-5-19(6-4-18)23(28)24-20-7-8-20/h1-6,13,20H,7-12,14-17H2,(H,24,28). The Balaban J connectivity index is 1.35. The molecule has 160 valence electrons. The SMILES string of the molecule is O=C(NC1CC1)c1ccc(CN(CCC(=O)N2CCOCC2)Cc2ccco2)cc1. The van der Waals surface area contributed by atoms with Gasteiger partial charge in [-0.3, -0.25) is 14.5 Å². The quantitative estimate of drug-likeness (QED) is 0.686. The third-order valence-electron chi connectivity index (χ3n) is 5.50. The number of morpholine rings is 1. The number of carbonyl (C=O) groups excluding carboxylic acids is 2. The molecule has 2 aromatic rings. The Morgan fingerprint density at radius 3 is 2.50 bits per heavy atom. The Bertz CT molecular complexity index is 825. The van der Waals surface area contributed by atoms with Crippen LogP contribution in [0.25, 0.3) is 0 Å². The molecule has 30 heavy (non-hydrogen) atoms. The Morgan fingerprint density at radius 1 is 1.07 bits per heavy atom. The van der Waals surface area contributed by atoms with E-state index in [0.29, 0.717) is 64.0 Å². The van der Waals surface area contributed by atoms with E-state index in [2.05, 4.69) is 10.2 Å². The smallest absolute Gasteiger partial charge is 0.251 e. The zero-order valence-electron chi connectivity index (χ0n) is 17.2. The summed E-state index contributed by atoms with van der Waals surface area (Å²) in [5, 5.41) is 3.01. The average molecular weight is 412 g/mol. The number of benzene rings is 1. The number of carbonyl (C=O) groups is 2. The molecule has 1 saturated heterocycles. The van der Waals surface area contributed by atoms with Gasteiger partial charge in [0, 0.05) is 44.2 Å². The summed E-state index contributed by atoms with van der Waals surface area (Å²) < 4.78 is 10.8. The van der Waals surface area contributed by atoms with Gasteiger partial charge in [-0.25, -0.2) is 0 Å². The van der Waals surface area contributed by atoms with Gasteiger partial charge in [-0.05, 0) is 42.7 Å². The Kier molecular flexibility index (Phi) is 6.81. The molecule has 0 spiro atoms. The molecule has 2 heterocycles. The molecular weight excluding hydrogens is 382 g/mol. The molecule has 2 aliphatic rings. The second-order valence-corrected chi connectivity index (χ2v) is 7.98. The van der Waals surface area contributed by atoms with Crippen molar-refractivity contribution in [1.82, 2.24) is 15.1 Å². The van der Waals surface area contributed by atoms with E-state index in [1.165, 1.54) is 0 Å². The maximum atomic E-state index is 12.5. The molecule has 7 nitrogen and oxygen atoms in total. The summed E-state index contributed by atoms with van der Waals surface area (Å²) in [7, 11) is 0. The van der Waals surface area contributed by atoms with Gasteiger partial charge < -0.3 is 19.4 Å². The van der Waals surface area contributed by atoms with Crippen LogP contribution < -0.4 is 5.32 Å². The van der Waals surface area contributed by atoms with E-state index in [-0.39, 0.29) is 11.8 Å². The summed E-state index contributed by atoms with van der Waals surface area (Å²) >= 11 is 0. The first-order valence-electron chi connectivity index (χ1n) is 10.7. The van der Waals surface area contributed by atoms with Gasteiger partial charge in [0.15, 0.2) is 0 Å². The molecule has 1 N–H and O–H groups in total. The molecule has 0 bridgehead atoms. The van der Waals surface area contributed by atoms with Gasteiger partial charge in [0.1, 0.15) is 5.76 Å². The van der Waals surface area contributed by atoms with Gasteiger partial charge in [0.25, 0.3) is 5.91 Å². The Labute approximate surface area is 177 Å². The number of amides is 2. The van der Waals surface area contributed by atoms with Gasteiger partial charge >= 0.3 is 0 Å². The van der Waals surface area contributed by atoms with Crippen LogP contribution in [0.3, 0.4) is 0 Å². The Morgan fingerprint density at radius 2 is 1.83 bits per heavy atom. The van der Waals surface area contributed by atoms with Crippen molar-refractivity contribution in [2.45, 2.75) is 38.4 Å². The molecule has 1 aromatic carbocycles. The molecule has 1 aliphatic carbocycles. The monoisotopic (exact) mass is 411 g/mol. The van der Waals surface area contributed by atoms with Gasteiger partial charge in [-0.2, -0.15) is 0 Å². The van der Waals surface area contributed by atoms with Gasteiger partial charge in [-0.15, -0.1) is 0 Å². The summed E-state index contributed by atoms with van der Waals surface area (Å²) in [4.78, 5) is 28.8. The first-order chi connectivity index (χ1) is 14.7. The summed E-state index contributed by atoms with van der Waals surface area (Å²) in [5.41, 5.74) is 1.79. The van der Waals surface area contributed by atoms with E-state index in [1.54, 1.807) is 6.26 Å². The maximum absolute atomic E-state index is 12.5. The van der Waals surface area contributed by atoms with Crippen LogP contribution in [-0.4, -0.2) is 60.5 Å². The molecule has 1 aromatic heterocycles. The summed E-state index contributed by atoms with van der Waals surface area (Å²) in [5.74, 6) is 1.02. The predicted molar refractivity (Wildman–Crippen MR) is 112 cm³/mol. The fraction of sp³-hybridized carbons (Fsp3) is 0.478. The lowest BCUT2D eigenvalue weighted by Crippen LogP contribution is -2.41. The molecule has 1 saturated carbocycles. The minimum absolute atomic E-state index is 0.00685. The largest absolute Gasteiger partial charge is 0.468 e.